The number of rotatable bonds is 8. The van der Waals surface area contributed by atoms with Gasteiger partial charge in [0.2, 0.25) is 0 Å². The van der Waals surface area contributed by atoms with Crippen LogP contribution in [0.25, 0.3) is 0 Å². The van der Waals surface area contributed by atoms with E-state index in [1.54, 1.807) is 0 Å². The number of guanidine groups is 1. The van der Waals surface area contributed by atoms with Crippen molar-refractivity contribution in [2.24, 2.45) is 4.99 Å². The van der Waals surface area contributed by atoms with E-state index in [1.807, 2.05) is 0 Å². The van der Waals surface area contributed by atoms with Gasteiger partial charge in [0, 0.05) is 35.8 Å². The van der Waals surface area contributed by atoms with E-state index in [0.717, 1.165) is 56.1 Å². The summed E-state index contributed by atoms with van der Waals surface area (Å²) in [7, 11) is 0. The molecule has 1 saturated heterocycles. The monoisotopic (exact) mass is 373 g/mol. The summed E-state index contributed by atoms with van der Waals surface area (Å²) in [6.07, 6.45) is 6.11. The molecule has 2 rings (SSSR count). The van der Waals surface area contributed by atoms with Crippen LogP contribution in [0, 0.1) is 0 Å². The van der Waals surface area contributed by atoms with Crippen LogP contribution in [0.15, 0.2) is 4.99 Å². The highest BCUT2D eigenvalue weighted by Gasteiger charge is 2.33. The second kappa shape index (κ2) is 10.8. The number of hydrogen-bond donors (Lipinski definition) is 2. The van der Waals surface area contributed by atoms with Crippen molar-refractivity contribution in [3.63, 3.8) is 0 Å². The lowest BCUT2D eigenvalue weighted by molar-refractivity contribution is 0.0793. The van der Waals surface area contributed by atoms with E-state index in [-0.39, 0.29) is 4.75 Å². The van der Waals surface area contributed by atoms with Gasteiger partial charge in [-0.1, -0.05) is 13.8 Å². The van der Waals surface area contributed by atoms with Gasteiger partial charge in [0.25, 0.3) is 0 Å². The first-order chi connectivity index (χ1) is 11.7. The topological polar surface area (TPSA) is 45.7 Å². The Bertz CT molecular complexity index is 381. The zero-order valence-electron chi connectivity index (χ0n) is 15.6. The maximum absolute atomic E-state index is 5.57. The predicted octanol–water partition coefficient (Wildman–Crippen LogP) is 3.52. The summed E-state index contributed by atoms with van der Waals surface area (Å²) in [5.74, 6) is 3.38. The molecular formula is C18H35N3OS2. The number of thioether (sulfide) groups is 2. The Morgan fingerprint density at radius 2 is 1.96 bits per heavy atom. The maximum atomic E-state index is 5.57. The lowest BCUT2D eigenvalue weighted by Crippen LogP contribution is -2.44. The first kappa shape index (κ1) is 20.2. The van der Waals surface area contributed by atoms with Crippen molar-refractivity contribution in [2.45, 2.75) is 68.9 Å². The Hall–Kier alpha value is -0.0700. The fraction of sp³-hybridized carbons (Fsp3) is 0.944. The van der Waals surface area contributed by atoms with Crippen LogP contribution in [0.2, 0.25) is 0 Å². The molecule has 0 aromatic rings. The van der Waals surface area contributed by atoms with Gasteiger partial charge in [-0.3, -0.25) is 4.99 Å². The highest BCUT2D eigenvalue weighted by atomic mass is 32.2. The lowest BCUT2D eigenvalue weighted by atomic mass is 9.99. The number of nitrogens with one attached hydrogen (secondary N) is 2. The van der Waals surface area contributed by atoms with Crippen LogP contribution in [0.1, 0.15) is 52.9 Å². The normalized spacial score (nSPS) is 27.2. The molecule has 2 fully saturated rings. The highest BCUT2D eigenvalue weighted by molar-refractivity contribution is 8.00. The third-order valence-electron chi connectivity index (χ3n) is 4.85. The minimum Gasteiger partial charge on any atom is -0.381 e. The Morgan fingerprint density at radius 1 is 1.17 bits per heavy atom. The van der Waals surface area contributed by atoms with Gasteiger partial charge in [-0.2, -0.15) is 23.5 Å². The van der Waals surface area contributed by atoms with Crippen LogP contribution in [-0.2, 0) is 4.74 Å². The van der Waals surface area contributed by atoms with Gasteiger partial charge < -0.3 is 15.4 Å². The molecule has 2 N–H and O–H groups in total. The Kier molecular flexibility index (Phi) is 9.12. The zero-order chi connectivity index (χ0) is 17.3. The van der Waals surface area contributed by atoms with Crippen LogP contribution >= 0.6 is 23.5 Å². The quantitative estimate of drug-likeness (QED) is 0.503. The van der Waals surface area contributed by atoms with E-state index in [1.165, 1.54) is 25.0 Å². The van der Waals surface area contributed by atoms with E-state index in [9.17, 15) is 0 Å². The Morgan fingerprint density at radius 3 is 2.62 bits per heavy atom. The molecule has 4 nitrogen and oxygen atoms in total. The molecule has 0 spiro atoms. The highest BCUT2D eigenvalue weighted by Crippen LogP contribution is 2.35. The molecule has 1 saturated carbocycles. The Balaban J connectivity index is 1.91. The van der Waals surface area contributed by atoms with Gasteiger partial charge in [-0.15, -0.1) is 0 Å². The fourth-order valence-electron chi connectivity index (χ4n) is 3.59. The van der Waals surface area contributed by atoms with Gasteiger partial charge in [-0.05, 0) is 50.5 Å². The zero-order valence-corrected chi connectivity index (χ0v) is 17.2. The molecule has 140 valence electrons. The smallest absolute Gasteiger partial charge is 0.191 e. The van der Waals surface area contributed by atoms with Crippen LogP contribution < -0.4 is 10.6 Å². The maximum Gasteiger partial charge on any atom is 0.191 e. The van der Waals surface area contributed by atoms with Crippen molar-refractivity contribution in [1.29, 1.82) is 0 Å². The SMILES string of the molecule is CCNC(=NCC1(SCC)CCOCC1)NC1CCC(SCC)C1. The number of nitrogens with zero attached hydrogens (tertiary/aromatic N) is 1. The molecule has 2 unspecified atom stereocenters. The van der Waals surface area contributed by atoms with E-state index in [2.05, 4.69) is 54.9 Å². The number of ether oxygens (including phenoxy) is 1. The summed E-state index contributed by atoms with van der Waals surface area (Å²) >= 11 is 4.17. The van der Waals surface area contributed by atoms with E-state index in [0.29, 0.717) is 6.04 Å². The first-order valence-electron chi connectivity index (χ1n) is 9.59. The van der Waals surface area contributed by atoms with Gasteiger partial charge in [-0.25, -0.2) is 0 Å². The molecule has 2 aliphatic rings. The molecule has 2 atom stereocenters. The summed E-state index contributed by atoms with van der Waals surface area (Å²) in [6, 6.07) is 0.580. The van der Waals surface area contributed by atoms with Crippen molar-refractivity contribution in [3.8, 4) is 0 Å². The first-order valence-corrected chi connectivity index (χ1v) is 11.6. The van der Waals surface area contributed by atoms with Crippen molar-refractivity contribution in [2.75, 3.05) is 37.8 Å². The fourth-order valence-corrected chi connectivity index (χ4v) is 5.96. The second-order valence-corrected chi connectivity index (χ2v) is 9.96. The average Bonchev–Trinajstić information content (AvgIpc) is 3.02. The molecule has 0 aromatic heterocycles. The van der Waals surface area contributed by atoms with Crippen LogP contribution in [-0.4, -0.2) is 59.8 Å². The molecule has 0 amide bonds. The van der Waals surface area contributed by atoms with Crippen molar-refractivity contribution in [3.05, 3.63) is 0 Å². The van der Waals surface area contributed by atoms with Crippen molar-refractivity contribution in [1.82, 2.24) is 10.6 Å². The van der Waals surface area contributed by atoms with Gasteiger partial charge in [0.1, 0.15) is 0 Å². The van der Waals surface area contributed by atoms with Crippen LogP contribution in [0.5, 0.6) is 0 Å². The predicted molar refractivity (Wildman–Crippen MR) is 110 cm³/mol. The Labute approximate surface area is 156 Å². The molecule has 24 heavy (non-hydrogen) atoms. The molecule has 1 aliphatic heterocycles. The van der Waals surface area contributed by atoms with Gasteiger partial charge >= 0.3 is 0 Å². The molecule has 0 radical (unpaired) electrons. The second-order valence-electron chi connectivity index (χ2n) is 6.66. The lowest BCUT2D eigenvalue weighted by Gasteiger charge is -2.35. The summed E-state index contributed by atoms with van der Waals surface area (Å²) in [5.41, 5.74) is 0. The standard InChI is InChI=1S/C18H35N3OS2/c1-4-19-17(21-15-7-8-16(13-15)23-5-2)20-14-18(24-6-3)9-11-22-12-10-18/h15-16H,4-14H2,1-3H3,(H2,19,20,21). The molecule has 0 aromatic carbocycles. The number of aliphatic imine (C=N–C) groups is 1. The minimum atomic E-state index is 0.269. The molecular weight excluding hydrogens is 338 g/mol. The third-order valence-corrected chi connectivity index (χ3v) is 7.52. The number of hydrogen-bond acceptors (Lipinski definition) is 4. The van der Waals surface area contributed by atoms with E-state index >= 15 is 0 Å². The summed E-state index contributed by atoms with van der Waals surface area (Å²) in [6.45, 7) is 10.2. The van der Waals surface area contributed by atoms with Crippen molar-refractivity contribution < 1.29 is 4.74 Å². The van der Waals surface area contributed by atoms with Gasteiger partial charge in [0.05, 0.1) is 6.54 Å². The minimum absolute atomic E-state index is 0.269. The van der Waals surface area contributed by atoms with E-state index in [4.69, 9.17) is 9.73 Å². The van der Waals surface area contributed by atoms with Gasteiger partial charge in [0.15, 0.2) is 5.96 Å². The molecule has 1 aliphatic carbocycles. The average molecular weight is 374 g/mol. The van der Waals surface area contributed by atoms with Crippen LogP contribution in [0.4, 0.5) is 0 Å². The van der Waals surface area contributed by atoms with Crippen molar-refractivity contribution >= 4 is 29.5 Å². The summed E-state index contributed by atoms with van der Waals surface area (Å²) in [5, 5.41) is 7.96. The third kappa shape index (κ3) is 6.34. The van der Waals surface area contributed by atoms with Crippen LogP contribution in [0.3, 0.4) is 0 Å². The molecule has 0 bridgehead atoms. The summed E-state index contributed by atoms with van der Waals surface area (Å²) in [4.78, 5) is 4.97. The summed E-state index contributed by atoms with van der Waals surface area (Å²) < 4.78 is 5.84. The molecule has 6 heteroatoms. The largest absolute Gasteiger partial charge is 0.381 e. The van der Waals surface area contributed by atoms with E-state index < -0.39 is 0 Å². The molecule has 1 heterocycles.